The first kappa shape index (κ1) is 10.5. The van der Waals surface area contributed by atoms with Gasteiger partial charge in [0.2, 0.25) is 0 Å². The fourth-order valence-corrected chi connectivity index (χ4v) is 2.34. The molecule has 2 nitrogen and oxygen atoms in total. The lowest BCUT2D eigenvalue weighted by molar-refractivity contribution is 0.525. The van der Waals surface area contributed by atoms with Crippen molar-refractivity contribution in [1.29, 1.82) is 0 Å². The third-order valence-corrected chi connectivity index (χ3v) is 3.08. The zero-order valence-electron chi connectivity index (χ0n) is 9.88. The zero-order chi connectivity index (χ0) is 11.1. The SMILES string of the molecule is Cc1cc(C)cc(N2CCC(C)(N)C2)c1. The van der Waals surface area contributed by atoms with Gasteiger partial charge < -0.3 is 10.6 Å². The first-order valence-corrected chi connectivity index (χ1v) is 5.58. The lowest BCUT2D eigenvalue weighted by Gasteiger charge is -2.22. The maximum Gasteiger partial charge on any atom is 0.0372 e. The number of nitrogens with zero attached hydrogens (tertiary/aromatic N) is 1. The molecule has 0 radical (unpaired) electrons. The fourth-order valence-electron chi connectivity index (χ4n) is 2.34. The number of hydrogen-bond donors (Lipinski definition) is 1. The van der Waals surface area contributed by atoms with Crippen LogP contribution in [0.3, 0.4) is 0 Å². The molecule has 0 saturated carbocycles. The molecule has 1 unspecified atom stereocenters. The van der Waals surface area contributed by atoms with Crippen LogP contribution in [0.4, 0.5) is 5.69 Å². The summed E-state index contributed by atoms with van der Waals surface area (Å²) in [5.41, 5.74) is 10.1. The van der Waals surface area contributed by atoms with Crippen LogP contribution in [-0.4, -0.2) is 18.6 Å². The van der Waals surface area contributed by atoms with Gasteiger partial charge in [0.25, 0.3) is 0 Å². The van der Waals surface area contributed by atoms with E-state index in [1.165, 1.54) is 16.8 Å². The molecule has 0 amide bonds. The number of benzene rings is 1. The highest BCUT2D eigenvalue weighted by atomic mass is 15.2. The summed E-state index contributed by atoms with van der Waals surface area (Å²) in [5, 5.41) is 0. The second-order valence-corrected chi connectivity index (χ2v) is 5.17. The maximum atomic E-state index is 6.14. The second kappa shape index (κ2) is 3.53. The van der Waals surface area contributed by atoms with Crippen LogP contribution in [0.2, 0.25) is 0 Å². The molecule has 1 aromatic carbocycles. The summed E-state index contributed by atoms with van der Waals surface area (Å²) >= 11 is 0. The molecular weight excluding hydrogens is 184 g/mol. The molecule has 82 valence electrons. The van der Waals surface area contributed by atoms with Crippen LogP contribution in [-0.2, 0) is 0 Å². The molecule has 0 spiro atoms. The summed E-state index contributed by atoms with van der Waals surface area (Å²) in [7, 11) is 0. The predicted molar refractivity (Wildman–Crippen MR) is 65.3 cm³/mol. The van der Waals surface area contributed by atoms with Crippen LogP contribution in [0.15, 0.2) is 18.2 Å². The first-order chi connectivity index (χ1) is 6.96. The predicted octanol–water partition coefficient (Wildman–Crippen LogP) is 2.23. The van der Waals surface area contributed by atoms with Crippen LogP contribution in [0.1, 0.15) is 24.5 Å². The molecule has 2 N–H and O–H groups in total. The van der Waals surface area contributed by atoms with Gasteiger partial charge in [-0.25, -0.2) is 0 Å². The van der Waals surface area contributed by atoms with Crippen molar-refractivity contribution >= 4 is 5.69 Å². The molecule has 0 aliphatic carbocycles. The summed E-state index contributed by atoms with van der Waals surface area (Å²) in [6.45, 7) is 8.48. The van der Waals surface area contributed by atoms with Crippen LogP contribution in [0.25, 0.3) is 0 Å². The molecule has 2 rings (SSSR count). The highest BCUT2D eigenvalue weighted by Gasteiger charge is 2.29. The number of anilines is 1. The van der Waals surface area contributed by atoms with Crippen molar-refractivity contribution in [2.75, 3.05) is 18.0 Å². The highest BCUT2D eigenvalue weighted by Crippen LogP contribution is 2.26. The van der Waals surface area contributed by atoms with Crippen molar-refractivity contribution in [3.05, 3.63) is 29.3 Å². The zero-order valence-corrected chi connectivity index (χ0v) is 9.88. The summed E-state index contributed by atoms with van der Waals surface area (Å²) in [4.78, 5) is 2.39. The quantitative estimate of drug-likeness (QED) is 0.760. The molecule has 1 atom stereocenters. The van der Waals surface area contributed by atoms with Crippen molar-refractivity contribution < 1.29 is 0 Å². The second-order valence-electron chi connectivity index (χ2n) is 5.17. The minimum Gasteiger partial charge on any atom is -0.370 e. The molecule has 2 heteroatoms. The molecule has 1 aromatic rings. The largest absolute Gasteiger partial charge is 0.370 e. The van der Waals surface area contributed by atoms with Crippen molar-refractivity contribution in [2.45, 2.75) is 32.7 Å². The molecule has 1 heterocycles. The fraction of sp³-hybridized carbons (Fsp3) is 0.538. The Morgan fingerprint density at radius 1 is 1.20 bits per heavy atom. The van der Waals surface area contributed by atoms with E-state index in [2.05, 4.69) is 43.9 Å². The molecular formula is C13H20N2. The van der Waals surface area contributed by atoms with Crippen LogP contribution in [0, 0.1) is 13.8 Å². The number of rotatable bonds is 1. The van der Waals surface area contributed by atoms with Gasteiger partial charge in [0, 0.05) is 24.3 Å². The van der Waals surface area contributed by atoms with E-state index in [-0.39, 0.29) is 5.54 Å². The monoisotopic (exact) mass is 204 g/mol. The lowest BCUT2D eigenvalue weighted by atomic mass is 10.0. The van der Waals surface area contributed by atoms with Gasteiger partial charge in [-0.1, -0.05) is 6.07 Å². The van der Waals surface area contributed by atoms with Gasteiger partial charge in [0.1, 0.15) is 0 Å². The van der Waals surface area contributed by atoms with Gasteiger partial charge in [-0.3, -0.25) is 0 Å². The van der Waals surface area contributed by atoms with Crippen LogP contribution < -0.4 is 10.6 Å². The van der Waals surface area contributed by atoms with Gasteiger partial charge in [-0.15, -0.1) is 0 Å². The Balaban J connectivity index is 2.24. The maximum absolute atomic E-state index is 6.14. The summed E-state index contributed by atoms with van der Waals surface area (Å²) in [6, 6.07) is 6.70. The molecule has 15 heavy (non-hydrogen) atoms. The minimum atomic E-state index is -0.0162. The molecule has 1 fully saturated rings. The standard InChI is InChI=1S/C13H20N2/c1-10-6-11(2)8-12(7-10)15-5-4-13(3,14)9-15/h6-8H,4-5,9,14H2,1-3H3. The number of aryl methyl sites for hydroxylation is 2. The van der Waals surface area contributed by atoms with Gasteiger partial charge in [-0.2, -0.15) is 0 Å². The highest BCUT2D eigenvalue weighted by molar-refractivity contribution is 5.52. The molecule has 0 aromatic heterocycles. The summed E-state index contributed by atoms with van der Waals surface area (Å²) < 4.78 is 0. The van der Waals surface area contributed by atoms with E-state index in [1.807, 2.05) is 0 Å². The molecule has 0 bridgehead atoms. The van der Waals surface area contributed by atoms with E-state index in [9.17, 15) is 0 Å². The Bertz CT molecular complexity index is 349. The lowest BCUT2D eigenvalue weighted by Crippen LogP contribution is -2.39. The van der Waals surface area contributed by atoms with Gasteiger partial charge in [-0.05, 0) is 50.5 Å². The third-order valence-electron chi connectivity index (χ3n) is 3.08. The Hall–Kier alpha value is -1.02. The van der Waals surface area contributed by atoms with Crippen molar-refractivity contribution in [3.8, 4) is 0 Å². The Labute approximate surface area is 92.1 Å². The summed E-state index contributed by atoms with van der Waals surface area (Å²) in [5.74, 6) is 0. The van der Waals surface area contributed by atoms with Crippen LogP contribution >= 0.6 is 0 Å². The topological polar surface area (TPSA) is 29.3 Å². The van der Waals surface area contributed by atoms with E-state index < -0.39 is 0 Å². The Kier molecular flexibility index (Phi) is 2.47. The third kappa shape index (κ3) is 2.32. The molecule has 1 saturated heterocycles. The van der Waals surface area contributed by atoms with E-state index in [1.54, 1.807) is 0 Å². The average Bonchev–Trinajstić information content (AvgIpc) is 2.44. The average molecular weight is 204 g/mol. The van der Waals surface area contributed by atoms with E-state index in [0.29, 0.717) is 0 Å². The molecule has 1 aliphatic heterocycles. The van der Waals surface area contributed by atoms with Crippen molar-refractivity contribution in [1.82, 2.24) is 0 Å². The van der Waals surface area contributed by atoms with Gasteiger partial charge in [0.05, 0.1) is 0 Å². The smallest absolute Gasteiger partial charge is 0.0372 e. The van der Waals surface area contributed by atoms with Crippen LogP contribution in [0.5, 0.6) is 0 Å². The number of hydrogen-bond acceptors (Lipinski definition) is 2. The van der Waals surface area contributed by atoms with E-state index >= 15 is 0 Å². The van der Waals surface area contributed by atoms with Gasteiger partial charge >= 0.3 is 0 Å². The minimum absolute atomic E-state index is 0.0162. The molecule has 1 aliphatic rings. The normalized spacial score (nSPS) is 26.0. The Morgan fingerprint density at radius 3 is 2.27 bits per heavy atom. The first-order valence-electron chi connectivity index (χ1n) is 5.58. The van der Waals surface area contributed by atoms with E-state index in [0.717, 1.165) is 19.5 Å². The number of nitrogens with two attached hydrogens (primary N) is 1. The van der Waals surface area contributed by atoms with Crippen molar-refractivity contribution in [3.63, 3.8) is 0 Å². The van der Waals surface area contributed by atoms with Gasteiger partial charge in [0.15, 0.2) is 0 Å². The van der Waals surface area contributed by atoms with E-state index in [4.69, 9.17) is 5.73 Å². The van der Waals surface area contributed by atoms with Crippen molar-refractivity contribution in [2.24, 2.45) is 5.73 Å². The summed E-state index contributed by atoms with van der Waals surface area (Å²) in [6.07, 6.45) is 1.08. The Morgan fingerprint density at radius 2 is 1.80 bits per heavy atom.